The lowest BCUT2D eigenvalue weighted by Crippen LogP contribution is -2.58. The predicted molar refractivity (Wildman–Crippen MR) is 85.9 cm³/mol. The van der Waals surface area contributed by atoms with Crippen LogP contribution in [0, 0.1) is 0 Å². The Kier molecular flexibility index (Phi) is 5.25. The molecular formula is C17H25N3O3. The van der Waals surface area contributed by atoms with E-state index in [2.05, 4.69) is 9.88 Å². The van der Waals surface area contributed by atoms with E-state index in [0.717, 1.165) is 44.6 Å². The maximum atomic E-state index is 12.2. The van der Waals surface area contributed by atoms with E-state index in [-0.39, 0.29) is 18.1 Å². The summed E-state index contributed by atoms with van der Waals surface area (Å²) in [6.45, 7) is 5.21. The molecule has 23 heavy (non-hydrogen) atoms. The summed E-state index contributed by atoms with van der Waals surface area (Å²) in [5.41, 5.74) is 0.884. The Hall–Kier alpha value is -1.50. The molecule has 2 fully saturated rings. The van der Waals surface area contributed by atoms with Gasteiger partial charge in [-0.25, -0.2) is 0 Å². The summed E-state index contributed by atoms with van der Waals surface area (Å²) in [4.78, 5) is 20.6. The number of hydrogen-bond acceptors (Lipinski definition) is 5. The van der Waals surface area contributed by atoms with Crippen LogP contribution in [-0.2, 0) is 20.8 Å². The molecule has 1 amide bonds. The second kappa shape index (κ2) is 7.38. The number of aromatic nitrogens is 1. The van der Waals surface area contributed by atoms with Crippen LogP contribution in [0.2, 0.25) is 0 Å². The number of rotatable bonds is 5. The van der Waals surface area contributed by atoms with Crippen molar-refractivity contribution in [3.63, 3.8) is 0 Å². The van der Waals surface area contributed by atoms with Gasteiger partial charge >= 0.3 is 0 Å². The van der Waals surface area contributed by atoms with Gasteiger partial charge < -0.3 is 19.3 Å². The highest BCUT2D eigenvalue weighted by Gasteiger charge is 2.42. The van der Waals surface area contributed by atoms with Gasteiger partial charge in [-0.2, -0.15) is 0 Å². The molecule has 0 saturated carbocycles. The van der Waals surface area contributed by atoms with E-state index in [1.807, 2.05) is 23.2 Å². The molecule has 0 N–H and O–H groups in total. The van der Waals surface area contributed by atoms with E-state index in [0.29, 0.717) is 13.1 Å². The van der Waals surface area contributed by atoms with Crippen LogP contribution in [0.25, 0.3) is 0 Å². The Balaban J connectivity index is 1.58. The number of piperidine rings is 1. The van der Waals surface area contributed by atoms with Crippen LogP contribution in [0.15, 0.2) is 24.5 Å². The Morgan fingerprint density at radius 2 is 2.22 bits per heavy atom. The van der Waals surface area contributed by atoms with Crippen LogP contribution in [0.5, 0.6) is 0 Å². The number of likely N-dealkylation sites (tertiary alicyclic amines) is 1. The molecule has 3 rings (SSSR count). The van der Waals surface area contributed by atoms with E-state index in [4.69, 9.17) is 9.47 Å². The second-order valence-electron chi connectivity index (χ2n) is 6.42. The van der Waals surface area contributed by atoms with E-state index in [9.17, 15) is 4.79 Å². The fourth-order valence-corrected chi connectivity index (χ4v) is 3.35. The molecule has 0 aromatic carbocycles. The van der Waals surface area contributed by atoms with Crippen LogP contribution >= 0.6 is 0 Å². The molecule has 126 valence electrons. The second-order valence-corrected chi connectivity index (χ2v) is 6.42. The highest BCUT2D eigenvalue weighted by atomic mass is 16.5. The van der Waals surface area contributed by atoms with Crippen LogP contribution < -0.4 is 0 Å². The highest BCUT2D eigenvalue weighted by molar-refractivity contribution is 5.78. The molecule has 6 heteroatoms. The zero-order chi connectivity index (χ0) is 16.1. The molecular weight excluding hydrogens is 294 g/mol. The van der Waals surface area contributed by atoms with Gasteiger partial charge in [0, 0.05) is 45.7 Å². The summed E-state index contributed by atoms with van der Waals surface area (Å²) >= 11 is 0. The molecule has 0 atom stereocenters. The van der Waals surface area contributed by atoms with Crippen molar-refractivity contribution in [2.24, 2.45) is 0 Å². The third kappa shape index (κ3) is 4.07. The molecule has 6 nitrogen and oxygen atoms in total. The minimum absolute atomic E-state index is 0.0706. The van der Waals surface area contributed by atoms with E-state index >= 15 is 0 Å². The van der Waals surface area contributed by atoms with Crippen molar-refractivity contribution in [3.05, 3.63) is 30.1 Å². The molecule has 0 unspecified atom stereocenters. The molecule has 1 aromatic rings. The minimum atomic E-state index is -0.181. The fraction of sp³-hybridized carbons (Fsp3) is 0.647. The van der Waals surface area contributed by atoms with Crippen molar-refractivity contribution in [2.45, 2.75) is 25.0 Å². The summed E-state index contributed by atoms with van der Waals surface area (Å²) < 4.78 is 11.1. The molecule has 0 radical (unpaired) electrons. The molecule has 2 saturated heterocycles. The lowest BCUT2D eigenvalue weighted by Gasteiger charge is -2.47. The summed E-state index contributed by atoms with van der Waals surface area (Å²) in [6.07, 6.45) is 5.51. The number of carbonyl (C=O) groups is 1. The zero-order valence-electron chi connectivity index (χ0n) is 13.7. The van der Waals surface area contributed by atoms with E-state index in [1.165, 1.54) is 0 Å². The Labute approximate surface area is 137 Å². The largest absolute Gasteiger partial charge is 0.383 e. The lowest BCUT2D eigenvalue weighted by molar-refractivity contribution is -0.172. The van der Waals surface area contributed by atoms with Crippen LogP contribution in [-0.4, -0.2) is 72.8 Å². The number of ether oxygens (including phenoxy) is 2. The van der Waals surface area contributed by atoms with Crippen molar-refractivity contribution in [1.82, 2.24) is 14.8 Å². The molecule has 0 bridgehead atoms. The summed E-state index contributed by atoms with van der Waals surface area (Å²) in [6, 6.07) is 3.92. The van der Waals surface area contributed by atoms with Gasteiger partial charge in [0.15, 0.2) is 0 Å². The van der Waals surface area contributed by atoms with Crippen molar-refractivity contribution in [2.75, 3.05) is 46.5 Å². The molecule has 3 heterocycles. The number of morpholine rings is 1. The van der Waals surface area contributed by atoms with Crippen LogP contribution in [0.3, 0.4) is 0 Å². The third-order valence-corrected chi connectivity index (χ3v) is 4.81. The summed E-state index contributed by atoms with van der Waals surface area (Å²) in [5, 5.41) is 0. The van der Waals surface area contributed by atoms with Crippen molar-refractivity contribution in [3.8, 4) is 0 Å². The average Bonchev–Trinajstić information content (AvgIpc) is 2.59. The number of methoxy groups -OCH3 is 1. The number of pyridine rings is 1. The van der Waals surface area contributed by atoms with Gasteiger partial charge in [0.1, 0.15) is 6.61 Å². The Morgan fingerprint density at radius 3 is 2.91 bits per heavy atom. The van der Waals surface area contributed by atoms with Gasteiger partial charge in [0.2, 0.25) is 5.91 Å². The van der Waals surface area contributed by atoms with Gasteiger partial charge in [-0.05, 0) is 24.5 Å². The van der Waals surface area contributed by atoms with Crippen LogP contribution in [0.1, 0.15) is 18.4 Å². The summed E-state index contributed by atoms with van der Waals surface area (Å²) in [5.74, 6) is 0.0706. The first-order valence-corrected chi connectivity index (χ1v) is 8.23. The van der Waals surface area contributed by atoms with Gasteiger partial charge in [0.05, 0.1) is 18.8 Å². The van der Waals surface area contributed by atoms with Crippen LogP contribution in [0.4, 0.5) is 0 Å². The number of carbonyl (C=O) groups excluding carboxylic acids is 1. The number of amides is 1. The van der Waals surface area contributed by atoms with Gasteiger partial charge in [0.25, 0.3) is 0 Å². The first kappa shape index (κ1) is 16.4. The molecule has 2 aliphatic heterocycles. The van der Waals surface area contributed by atoms with E-state index in [1.54, 1.807) is 13.3 Å². The third-order valence-electron chi connectivity index (χ3n) is 4.81. The Morgan fingerprint density at radius 1 is 1.39 bits per heavy atom. The molecule has 1 spiro atoms. The lowest BCUT2D eigenvalue weighted by atomic mass is 9.89. The number of nitrogens with zero attached hydrogens (tertiary/aromatic N) is 3. The summed E-state index contributed by atoms with van der Waals surface area (Å²) in [7, 11) is 1.73. The quantitative estimate of drug-likeness (QED) is 0.808. The average molecular weight is 319 g/mol. The SMILES string of the molecule is COCCN1CCC2(CC1)CN(Cc1cccnc1)C(=O)CO2. The van der Waals surface area contributed by atoms with E-state index < -0.39 is 0 Å². The Bertz CT molecular complexity index is 515. The van der Waals surface area contributed by atoms with Crippen molar-refractivity contribution < 1.29 is 14.3 Å². The van der Waals surface area contributed by atoms with Gasteiger partial charge in [-0.15, -0.1) is 0 Å². The maximum Gasteiger partial charge on any atom is 0.248 e. The molecule has 2 aliphatic rings. The van der Waals surface area contributed by atoms with Crippen molar-refractivity contribution >= 4 is 5.91 Å². The predicted octanol–water partition coefficient (Wildman–Crippen LogP) is 0.921. The first-order valence-electron chi connectivity index (χ1n) is 8.23. The number of hydrogen-bond donors (Lipinski definition) is 0. The minimum Gasteiger partial charge on any atom is -0.383 e. The van der Waals surface area contributed by atoms with Gasteiger partial charge in [-0.1, -0.05) is 6.07 Å². The topological polar surface area (TPSA) is 54.9 Å². The van der Waals surface area contributed by atoms with Crippen molar-refractivity contribution in [1.29, 1.82) is 0 Å². The monoisotopic (exact) mass is 319 g/mol. The smallest absolute Gasteiger partial charge is 0.248 e. The first-order chi connectivity index (χ1) is 11.2. The zero-order valence-corrected chi connectivity index (χ0v) is 13.7. The maximum absolute atomic E-state index is 12.2. The normalized spacial score (nSPS) is 21.8. The highest BCUT2D eigenvalue weighted by Crippen LogP contribution is 2.31. The molecule has 1 aromatic heterocycles. The fourth-order valence-electron chi connectivity index (χ4n) is 3.35. The standard InChI is InChI=1S/C17H25N3O3/c1-22-10-9-19-7-4-17(5-8-19)14-20(16(21)13-23-17)12-15-3-2-6-18-11-15/h2-3,6,11H,4-5,7-10,12-14H2,1H3. The van der Waals surface area contributed by atoms with Gasteiger partial charge in [-0.3, -0.25) is 9.78 Å². The molecule has 0 aliphatic carbocycles.